The number of aliphatic hydroxyl groups is 2. The first-order chi connectivity index (χ1) is 9.01. The molecule has 0 saturated heterocycles. The van der Waals surface area contributed by atoms with Gasteiger partial charge in [-0.25, -0.2) is 4.79 Å². The summed E-state index contributed by atoms with van der Waals surface area (Å²) in [4.78, 5) is 22.0. The summed E-state index contributed by atoms with van der Waals surface area (Å²) >= 11 is 0. The lowest BCUT2D eigenvalue weighted by atomic mass is 9.94. The lowest BCUT2D eigenvalue weighted by Crippen LogP contribution is -2.15. The monoisotopic (exact) mass is 268 g/mol. The van der Waals surface area contributed by atoms with E-state index < -0.39 is 18.0 Å². The van der Waals surface area contributed by atoms with Crippen LogP contribution in [0.5, 0.6) is 0 Å². The molecular weight excluding hydrogens is 252 g/mol. The lowest BCUT2D eigenvalue weighted by Gasteiger charge is -2.15. The zero-order chi connectivity index (χ0) is 14.4. The summed E-state index contributed by atoms with van der Waals surface area (Å²) in [6.07, 6.45) is -1.44. The van der Waals surface area contributed by atoms with Gasteiger partial charge in [-0.15, -0.1) is 0 Å². The molecule has 1 aromatic rings. The third-order valence-electron chi connectivity index (χ3n) is 2.81. The molecule has 3 N–H and O–H groups in total. The summed E-state index contributed by atoms with van der Waals surface area (Å²) in [5.41, 5.74) is 1.13. The Hall–Kier alpha value is -1.92. The number of carbonyl (C=O) groups excluding carboxylic acids is 1. The number of carboxylic acids is 1. The zero-order valence-electron chi connectivity index (χ0n) is 10.5. The second kappa shape index (κ2) is 6.86. The fourth-order valence-electron chi connectivity index (χ4n) is 1.83. The average molecular weight is 268 g/mol. The summed E-state index contributed by atoms with van der Waals surface area (Å²) < 4.78 is 4.51. The van der Waals surface area contributed by atoms with Crippen LogP contribution in [0, 0.1) is 0 Å². The van der Waals surface area contributed by atoms with Gasteiger partial charge < -0.3 is 20.1 Å². The molecule has 1 atom stereocenters. The molecule has 0 saturated carbocycles. The molecule has 0 radical (unpaired) electrons. The molecule has 19 heavy (non-hydrogen) atoms. The van der Waals surface area contributed by atoms with Crippen molar-refractivity contribution in [3.05, 3.63) is 34.9 Å². The zero-order valence-corrected chi connectivity index (χ0v) is 10.5. The molecular formula is C13H16O6. The molecule has 0 amide bonds. The van der Waals surface area contributed by atoms with Crippen molar-refractivity contribution in [3.8, 4) is 0 Å². The van der Waals surface area contributed by atoms with Gasteiger partial charge in [0.15, 0.2) is 6.10 Å². The van der Waals surface area contributed by atoms with Crippen molar-refractivity contribution in [3.63, 3.8) is 0 Å². The molecule has 6 nitrogen and oxygen atoms in total. The van der Waals surface area contributed by atoms with Crippen LogP contribution in [-0.4, -0.2) is 34.4 Å². The van der Waals surface area contributed by atoms with E-state index in [1.165, 1.54) is 13.2 Å². The molecule has 0 bridgehead atoms. The van der Waals surface area contributed by atoms with Gasteiger partial charge in [0, 0.05) is 6.42 Å². The second-order valence-electron chi connectivity index (χ2n) is 3.96. The normalized spacial score (nSPS) is 11.9. The number of esters is 1. The number of benzene rings is 1. The van der Waals surface area contributed by atoms with Crippen LogP contribution in [0.1, 0.15) is 29.2 Å². The Morgan fingerprint density at radius 1 is 1.37 bits per heavy atom. The summed E-state index contributed by atoms with van der Waals surface area (Å²) in [6, 6.07) is 4.63. The van der Waals surface area contributed by atoms with Crippen molar-refractivity contribution >= 4 is 11.9 Å². The predicted octanol–water partition coefficient (Wildman–Crippen LogP) is 0.403. The van der Waals surface area contributed by atoms with Crippen molar-refractivity contribution in [2.45, 2.75) is 25.6 Å². The third kappa shape index (κ3) is 3.77. The second-order valence-corrected chi connectivity index (χ2v) is 3.96. The van der Waals surface area contributed by atoms with Gasteiger partial charge in [-0.05, 0) is 23.1 Å². The molecule has 0 aliphatic carbocycles. The van der Waals surface area contributed by atoms with Crippen molar-refractivity contribution in [2.24, 2.45) is 0 Å². The fourth-order valence-corrected chi connectivity index (χ4v) is 1.83. The number of rotatable bonds is 6. The standard InChI is InChI=1S/C13H16O6/c1-19-11(15)6-5-9-8(7-14)3-2-4-10(9)12(16)13(17)18/h2-4,12,14,16H,5-7H2,1H3,(H,17,18). The Morgan fingerprint density at radius 3 is 2.58 bits per heavy atom. The van der Waals surface area contributed by atoms with Crippen LogP contribution in [-0.2, 0) is 27.4 Å². The van der Waals surface area contributed by atoms with E-state index >= 15 is 0 Å². The number of carboxylic acid groups (broad SMARTS) is 1. The van der Waals surface area contributed by atoms with Crippen LogP contribution in [0.2, 0.25) is 0 Å². The average Bonchev–Trinajstić information content (AvgIpc) is 2.43. The molecule has 1 rings (SSSR count). The topological polar surface area (TPSA) is 104 Å². The van der Waals surface area contributed by atoms with Crippen LogP contribution in [0.4, 0.5) is 0 Å². The van der Waals surface area contributed by atoms with Crippen LogP contribution >= 0.6 is 0 Å². The van der Waals surface area contributed by atoms with Gasteiger partial charge in [-0.2, -0.15) is 0 Å². The number of hydrogen-bond acceptors (Lipinski definition) is 5. The maximum atomic E-state index is 11.1. The van der Waals surface area contributed by atoms with Crippen molar-refractivity contribution in [1.82, 2.24) is 0 Å². The number of aliphatic carboxylic acids is 1. The van der Waals surface area contributed by atoms with Gasteiger partial charge in [0.2, 0.25) is 0 Å². The van der Waals surface area contributed by atoms with Crippen LogP contribution in [0.3, 0.4) is 0 Å². The summed E-state index contributed by atoms with van der Waals surface area (Å²) in [6.45, 7) is -0.295. The summed E-state index contributed by atoms with van der Waals surface area (Å²) in [5, 5.41) is 27.7. The van der Waals surface area contributed by atoms with Crippen LogP contribution in [0.15, 0.2) is 18.2 Å². The van der Waals surface area contributed by atoms with E-state index in [-0.39, 0.29) is 25.0 Å². The fraction of sp³-hybridized carbons (Fsp3) is 0.385. The maximum Gasteiger partial charge on any atom is 0.337 e. The lowest BCUT2D eigenvalue weighted by molar-refractivity contribution is -0.147. The molecule has 0 aliphatic heterocycles. The van der Waals surface area contributed by atoms with Gasteiger partial charge in [-0.1, -0.05) is 18.2 Å². The number of aliphatic hydroxyl groups excluding tert-OH is 2. The van der Waals surface area contributed by atoms with E-state index in [1.807, 2.05) is 0 Å². The number of ether oxygens (including phenoxy) is 1. The minimum Gasteiger partial charge on any atom is -0.479 e. The SMILES string of the molecule is COC(=O)CCc1c(CO)cccc1C(O)C(=O)O. The minimum absolute atomic E-state index is 0.0485. The van der Waals surface area contributed by atoms with Crippen molar-refractivity contribution in [2.75, 3.05) is 7.11 Å². The molecule has 0 aromatic heterocycles. The molecule has 0 aliphatic rings. The first-order valence-electron chi connectivity index (χ1n) is 5.70. The molecule has 1 unspecified atom stereocenters. The van der Waals surface area contributed by atoms with E-state index in [0.717, 1.165) is 0 Å². The Kier molecular flexibility index (Phi) is 5.47. The molecule has 0 spiro atoms. The van der Waals surface area contributed by atoms with Crippen molar-refractivity contribution < 1.29 is 29.6 Å². The Morgan fingerprint density at radius 2 is 2.05 bits per heavy atom. The van der Waals surface area contributed by atoms with E-state index in [4.69, 9.17) is 5.11 Å². The Balaban J connectivity index is 3.09. The molecule has 0 fully saturated rings. The van der Waals surface area contributed by atoms with E-state index in [0.29, 0.717) is 11.1 Å². The first-order valence-corrected chi connectivity index (χ1v) is 5.70. The van der Waals surface area contributed by atoms with E-state index in [9.17, 15) is 19.8 Å². The summed E-state index contributed by atoms with van der Waals surface area (Å²) in [7, 11) is 1.26. The van der Waals surface area contributed by atoms with Crippen molar-refractivity contribution in [1.29, 1.82) is 0 Å². The van der Waals surface area contributed by atoms with Gasteiger partial charge in [-0.3, -0.25) is 4.79 Å². The highest BCUT2D eigenvalue weighted by Crippen LogP contribution is 2.23. The van der Waals surface area contributed by atoms with Gasteiger partial charge >= 0.3 is 11.9 Å². The first kappa shape index (κ1) is 15.1. The predicted molar refractivity (Wildman–Crippen MR) is 65.3 cm³/mol. The molecule has 6 heteroatoms. The van der Waals surface area contributed by atoms with Gasteiger partial charge in [0.25, 0.3) is 0 Å². The highest BCUT2D eigenvalue weighted by atomic mass is 16.5. The minimum atomic E-state index is -1.68. The highest BCUT2D eigenvalue weighted by Gasteiger charge is 2.21. The number of carbonyl (C=O) groups is 2. The maximum absolute atomic E-state index is 11.1. The number of methoxy groups -OCH3 is 1. The Bertz CT molecular complexity index is 468. The largest absolute Gasteiger partial charge is 0.479 e. The van der Waals surface area contributed by atoms with Crippen LogP contribution in [0.25, 0.3) is 0 Å². The summed E-state index contributed by atoms with van der Waals surface area (Å²) in [5.74, 6) is -1.82. The molecule has 0 heterocycles. The quantitative estimate of drug-likeness (QED) is 0.645. The Labute approximate surface area is 110 Å². The van der Waals surface area contributed by atoms with Crippen LogP contribution < -0.4 is 0 Å². The molecule has 104 valence electrons. The highest BCUT2D eigenvalue weighted by molar-refractivity contribution is 5.75. The van der Waals surface area contributed by atoms with E-state index in [2.05, 4.69) is 4.74 Å². The number of hydrogen-bond donors (Lipinski definition) is 3. The molecule has 1 aromatic carbocycles. The van der Waals surface area contributed by atoms with Gasteiger partial charge in [0.1, 0.15) is 0 Å². The third-order valence-corrected chi connectivity index (χ3v) is 2.81. The smallest absolute Gasteiger partial charge is 0.337 e. The van der Waals surface area contributed by atoms with E-state index in [1.54, 1.807) is 12.1 Å². The van der Waals surface area contributed by atoms with Gasteiger partial charge in [0.05, 0.1) is 13.7 Å².